The van der Waals surface area contributed by atoms with Gasteiger partial charge >= 0.3 is 17.9 Å². The van der Waals surface area contributed by atoms with E-state index in [1.54, 1.807) is 19.9 Å². The van der Waals surface area contributed by atoms with Gasteiger partial charge in [0.05, 0.1) is 7.11 Å². The third kappa shape index (κ3) is 8.79. The van der Waals surface area contributed by atoms with Gasteiger partial charge in [0.1, 0.15) is 22.8 Å². The van der Waals surface area contributed by atoms with E-state index < -0.39 is 47.5 Å². The molecule has 2 atom stereocenters. The van der Waals surface area contributed by atoms with Crippen LogP contribution in [0.2, 0.25) is 0 Å². The molecule has 0 saturated carbocycles. The normalized spacial score (nSPS) is 13.3. The van der Waals surface area contributed by atoms with E-state index in [1.807, 2.05) is 0 Å². The molecule has 2 unspecified atom stereocenters. The summed E-state index contributed by atoms with van der Waals surface area (Å²) in [6.45, 7) is 1.94. The number of carbonyl (C=O) groups excluding carboxylic acids is 2. The number of amides is 1. The minimum atomic E-state index is -4.45. The van der Waals surface area contributed by atoms with Crippen molar-refractivity contribution in [3.8, 4) is 11.5 Å². The summed E-state index contributed by atoms with van der Waals surface area (Å²) in [6.07, 6.45) is -0.672. The SMILES string of the molecule is COC(=O)N/C=C/CCC(C)c1cc(O)c(C(=O)C(C)Cc2ccc(OCC(F)(F)F)cc2)c(=O)o1. The highest BCUT2D eigenvalue weighted by Gasteiger charge is 2.28. The number of aromatic hydroxyl groups is 1. The third-order valence-corrected chi connectivity index (χ3v) is 5.27. The van der Waals surface area contributed by atoms with Crippen LogP contribution in [0, 0.1) is 5.92 Å². The number of rotatable bonds is 11. The maximum Gasteiger partial charge on any atom is 0.422 e. The van der Waals surface area contributed by atoms with Crippen LogP contribution in [0.15, 0.2) is 51.8 Å². The first kappa shape index (κ1) is 28.5. The van der Waals surface area contributed by atoms with E-state index in [0.29, 0.717) is 18.4 Å². The number of halogens is 3. The number of hydrogen-bond donors (Lipinski definition) is 2. The predicted octanol–water partition coefficient (Wildman–Crippen LogP) is 5.10. The lowest BCUT2D eigenvalue weighted by molar-refractivity contribution is -0.153. The smallest absolute Gasteiger partial charge is 0.422 e. The van der Waals surface area contributed by atoms with Crippen LogP contribution < -0.4 is 15.7 Å². The van der Waals surface area contributed by atoms with Crippen LogP contribution in [-0.4, -0.2) is 36.9 Å². The summed E-state index contributed by atoms with van der Waals surface area (Å²) in [5, 5.41) is 12.8. The average molecular weight is 511 g/mol. The van der Waals surface area contributed by atoms with Crippen molar-refractivity contribution in [2.75, 3.05) is 13.7 Å². The van der Waals surface area contributed by atoms with Gasteiger partial charge in [0.15, 0.2) is 12.4 Å². The third-order valence-electron chi connectivity index (χ3n) is 5.27. The largest absolute Gasteiger partial charge is 0.507 e. The van der Waals surface area contributed by atoms with Gasteiger partial charge in [-0.15, -0.1) is 0 Å². The number of alkyl carbamates (subject to hydrolysis) is 1. The van der Waals surface area contributed by atoms with Crippen LogP contribution in [0.5, 0.6) is 11.5 Å². The minimum Gasteiger partial charge on any atom is -0.507 e. The van der Waals surface area contributed by atoms with Crippen LogP contribution in [0.25, 0.3) is 0 Å². The Balaban J connectivity index is 2.00. The van der Waals surface area contributed by atoms with Gasteiger partial charge in [-0.2, -0.15) is 13.2 Å². The molecule has 2 aromatic rings. The Hall–Kier alpha value is -3.76. The molecule has 0 bridgehead atoms. The highest BCUT2D eigenvalue weighted by Crippen LogP contribution is 2.27. The molecule has 0 radical (unpaired) electrons. The van der Waals surface area contributed by atoms with Gasteiger partial charge in [0.2, 0.25) is 0 Å². The Kier molecular flexibility index (Phi) is 10.1. The van der Waals surface area contributed by atoms with Crippen LogP contribution in [0.1, 0.15) is 54.3 Å². The lowest BCUT2D eigenvalue weighted by atomic mass is 9.92. The number of alkyl halides is 3. The molecule has 0 aliphatic heterocycles. The summed E-state index contributed by atoms with van der Waals surface area (Å²) in [4.78, 5) is 36.3. The Labute approximate surface area is 205 Å². The van der Waals surface area contributed by atoms with Crippen LogP contribution in [0.4, 0.5) is 18.0 Å². The number of Topliss-reactive ketones (excluding diaryl/α,β-unsaturated/α-hetero) is 1. The quantitative estimate of drug-likeness (QED) is 0.403. The van der Waals surface area contributed by atoms with E-state index in [9.17, 15) is 32.7 Å². The molecule has 0 aliphatic rings. The monoisotopic (exact) mass is 511 g/mol. The van der Waals surface area contributed by atoms with Crippen LogP contribution in [0.3, 0.4) is 0 Å². The first-order valence-electron chi connectivity index (χ1n) is 11.1. The molecule has 1 heterocycles. The lowest BCUT2D eigenvalue weighted by Crippen LogP contribution is -2.22. The van der Waals surface area contributed by atoms with Crippen LogP contribution in [-0.2, 0) is 11.2 Å². The number of ketones is 1. The first-order chi connectivity index (χ1) is 16.9. The predicted molar refractivity (Wildman–Crippen MR) is 124 cm³/mol. The van der Waals surface area contributed by atoms with Crippen molar-refractivity contribution in [2.45, 2.75) is 45.2 Å². The van der Waals surface area contributed by atoms with Gasteiger partial charge in [-0.05, 0) is 37.0 Å². The molecular formula is C25H28F3NO7. The zero-order valence-electron chi connectivity index (χ0n) is 20.1. The molecular weight excluding hydrogens is 483 g/mol. The molecule has 8 nitrogen and oxygen atoms in total. The molecule has 0 fully saturated rings. The molecule has 2 N–H and O–H groups in total. The van der Waals surface area contributed by atoms with Crippen molar-refractivity contribution in [3.05, 3.63) is 69.9 Å². The fraction of sp³-hybridized carbons (Fsp3) is 0.400. The Morgan fingerprint density at radius 2 is 1.86 bits per heavy atom. The molecule has 36 heavy (non-hydrogen) atoms. The summed E-state index contributed by atoms with van der Waals surface area (Å²) < 4.78 is 51.2. The highest BCUT2D eigenvalue weighted by molar-refractivity contribution is 5.99. The van der Waals surface area contributed by atoms with E-state index in [-0.39, 0.29) is 23.8 Å². The van der Waals surface area contributed by atoms with Gasteiger partial charge < -0.3 is 19.0 Å². The highest BCUT2D eigenvalue weighted by atomic mass is 19.4. The van der Waals surface area contributed by atoms with E-state index in [2.05, 4.69) is 14.8 Å². The number of carbonyl (C=O) groups is 2. The second-order valence-electron chi connectivity index (χ2n) is 8.23. The van der Waals surface area contributed by atoms with Crippen molar-refractivity contribution >= 4 is 11.9 Å². The topological polar surface area (TPSA) is 115 Å². The van der Waals surface area contributed by atoms with Gasteiger partial charge in [-0.1, -0.05) is 32.1 Å². The van der Waals surface area contributed by atoms with Crippen molar-refractivity contribution in [1.82, 2.24) is 5.32 Å². The molecule has 1 aromatic heterocycles. The van der Waals surface area contributed by atoms with Gasteiger partial charge in [0, 0.05) is 24.1 Å². The van der Waals surface area contributed by atoms with E-state index in [4.69, 9.17) is 4.42 Å². The molecule has 0 saturated heterocycles. The molecule has 0 spiro atoms. The Morgan fingerprint density at radius 1 is 1.19 bits per heavy atom. The van der Waals surface area contributed by atoms with Crippen molar-refractivity contribution in [3.63, 3.8) is 0 Å². The molecule has 2 rings (SSSR count). The van der Waals surface area contributed by atoms with Crippen LogP contribution >= 0.6 is 0 Å². The fourth-order valence-electron chi connectivity index (χ4n) is 3.31. The summed E-state index contributed by atoms with van der Waals surface area (Å²) in [7, 11) is 1.24. The van der Waals surface area contributed by atoms with E-state index in [1.165, 1.54) is 43.6 Å². The van der Waals surface area contributed by atoms with Crippen molar-refractivity contribution < 1.29 is 41.8 Å². The number of nitrogens with one attached hydrogen (secondary N) is 1. The van der Waals surface area contributed by atoms with Gasteiger partial charge in [-0.3, -0.25) is 10.1 Å². The molecule has 0 aliphatic carbocycles. The summed E-state index contributed by atoms with van der Waals surface area (Å²) in [5.74, 6) is -1.82. The van der Waals surface area contributed by atoms with Crippen molar-refractivity contribution in [2.24, 2.45) is 5.92 Å². The standard InChI is InChI=1S/C25H28F3NO7/c1-15(6-4-5-11-29-24(33)34-3)20-13-19(30)21(23(32)36-20)22(31)16(2)12-17-7-9-18(10-8-17)35-14-25(26,27)28/h5,7-11,13,15-16,30H,4,6,12,14H2,1-3H3,(H,29,33)/b11-5+. The fourth-order valence-corrected chi connectivity index (χ4v) is 3.31. The molecule has 1 aromatic carbocycles. The average Bonchev–Trinajstić information content (AvgIpc) is 2.81. The number of hydrogen-bond acceptors (Lipinski definition) is 7. The number of allylic oxidation sites excluding steroid dienone is 1. The molecule has 11 heteroatoms. The molecule has 196 valence electrons. The lowest BCUT2D eigenvalue weighted by Gasteiger charge is -2.14. The second kappa shape index (κ2) is 12.8. The zero-order valence-corrected chi connectivity index (χ0v) is 20.1. The number of benzene rings is 1. The maximum atomic E-state index is 12.9. The molecule has 1 amide bonds. The summed E-state index contributed by atoms with van der Waals surface area (Å²) >= 11 is 0. The number of methoxy groups -OCH3 is 1. The zero-order chi connectivity index (χ0) is 26.9. The Bertz CT molecular complexity index is 1120. The number of ether oxygens (including phenoxy) is 2. The first-order valence-corrected chi connectivity index (χ1v) is 11.1. The maximum absolute atomic E-state index is 12.9. The second-order valence-corrected chi connectivity index (χ2v) is 8.23. The summed E-state index contributed by atoms with van der Waals surface area (Å²) in [5.41, 5.74) is -0.766. The minimum absolute atomic E-state index is 0.0354. The van der Waals surface area contributed by atoms with Gasteiger partial charge in [0.25, 0.3) is 0 Å². The van der Waals surface area contributed by atoms with E-state index in [0.717, 1.165) is 0 Å². The van der Waals surface area contributed by atoms with Gasteiger partial charge in [-0.25, -0.2) is 9.59 Å². The Morgan fingerprint density at radius 3 is 2.44 bits per heavy atom. The van der Waals surface area contributed by atoms with Crippen molar-refractivity contribution in [1.29, 1.82) is 0 Å². The summed E-state index contributed by atoms with van der Waals surface area (Å²) in [6, 6.07) is 7.02. The van der Waals surface area contributed by atoms with E-state index >= 15 is 0 Å².